The molecule has 1 aromatic carbocycles. The van der Waals surface area contributed by atoms with Crippen LogP contribution in [0.1, 0.15) is 31.4 Å². The maximum absolute atomic E-state index is 6.00. The summed E-state index contributed by atoms with van der Waals surface area (Å²) in [6.45, 7) is 2.13. The summed E-state index contributed by atoms with van der Waals surface area (Å²) in [4.78, 5) is 0. The predicted octanol–water partition coefficient (Wildman–Crippen LogP) is 3.74. The van der Waals surface area contributed by atoms with Gasteiger partial charge in [0.1, 0.15) is 0 Å². The molecule has 0 aromatic heterocycles. The van der Waals surface area contributed by atoms with Gasteiger partial charge in [0.15, 0.2) is 0 Å². The minimum Gasteiger partial charge on any atom is -0.324 e. The number of hydrogen-bond donors (Lipinski definition) is 1. The quantitative estimate of drug-likeness (QED) is 0.846. The maximum Gasteiger partial charge on any atom is 0.0542 e. The Morgan fingerprint density at radius 3 is 2.77 bits per heavy atom. The molecule has 1 aromatic rings. The molecule has 13 heavy (non-hydrogen) atoms. The molecular weight excluding hydrogens is 296 g/mol. The van der Waals surface area contributed by atoms with Crippen molar-refractivity contribution in [3.05, 3.63) is 32.4 Å². The van der Waals surface area contributed by atoms with Crippen LogP contribution >= 0.6 is 34.2 Å². The van der Waals surface area contributed by atoms with Gasteiger partial charge in [0, 0.05) is 9.61 Å². The first-order valence-corrected chi connectivity index (χ1v) is 5.81. The van der Waals surface area contributed by atoms with Crippen molar-refractivity contribution in [2.24, 2.45) is 5.73 Å². The van der Waals surface area contributed by atoms with Crippen molar-refractivity contribution < 1.29 is 0 Å². The van der Waals surface area contributed by atoms with E-state index in [-0.39, 0.29) is 6.04 Å². The normalized spacial score (nSPS) is 12.9. The standard InChI is InChI=1S/C10H13ClIN/c1-2-3-10(13)7-4-5-9(12)8(11)6-7/h4-6,10H,2-3,13H2,1H3/t10-/m1/s1. The lowest BCUT2D eigenvalue weighted by Crippen LogP contribution is -2.09. The highest BCUT2D eigenvalue weighted by Gasteiger charge is 2.06. The number of benzene rings is 1. The second-order valence-corrected chi connectivity index (χ2v) is 4.64. The molecule has 1 rings (SSSR count). The number of hydrogen-bond acceptors (Lipinski definition) is 1. The Balaban J connectivity index is 2.84. The molecule has 0 radical (unpaired) electrons. The summed E-state index contributed by atoms with van der Waals surface area (Å²) >= 11 is 8.21. The van der Waals surface area contributed by atoms with E-state index in [4.69, 9.17) is 17.3 Å². The SMILES string of the molecule is CCC[C@@H](N)c1ccc(I)c(Cl)c1. The van der Waals surface area contributed by atoms with Crippen molar-refractivity contribution in [2.75, 3.05) is 0 Å². The van der Waals surface area contributed by atoms with Gasteiger partial charge < -0.3 is 5.73 Å². The van der Waals surface area contributed by atoms with Crippen LogP contribution in [0.4, 0.5) is 0 Å². The van der Waals surface area contributed by atoms with E-state index in [0.29, 0.717) is 0 Å². The van der Waals surface area contributed by atoms with E-state index >= 15 is 0 Å². The Labute approximate surface area is 97.8 Å². The van der Waals surface area contributed by atoms with E-state index < -0.39 is 0 Å². The smallest absolute Gasteiger partial charge is 0.0542 e. The Kier molecular flexibility index (Phi) is 4.49. The van der Waals surface area contributed by atoms with Gasteiger partial charge in [-0.2, -0.15) is 0 Å². The van der Waals surface area contributed by atoms with Crippen LogP contribution in [0, 0.1) is 3.57 Å². The Bertz CT molecular complexity index is 288. The minimum absolute atomic E-state index is 0.125. The lowest BCUT2D eigenvalue weighted by molar-refractivity contribution is 0.638. The van der Waals surface area contributed by atoms with Crippen LogP contribution in [0.25, 0.3) is 0 Å². The Morgan fingerprint density at radius 2 is 2.23 bits per heavy atom. The molecule has 2 N–H and O–H groups in total. The van der Waals surface area contributed by atoms with E-state index in [1.165, 1.54) is 0 Å². The van der Waals surface area contributed by atoms with Crippen LogP contribution in [0.15, 0.2) is 18.2 Å². The fraction of sp³-hybridized carbons (Fsp3) is 0.400. The third-order valence-electron chi connectivity index (χ3n) is 1.97. The zero-order chi connectivity index (χ0) is 9.84. The van der Waals surface area contributed by atoms with Crippen LogP contribution < -0.4 is 5.73 Å². The molecule has 1 nitrogen and oxygen atoms in total. The lowest BCUT2D eigenvalue weighted by atomic mass is 10.0. The van der Waals surface area contributed by atoms with Crippen molar-refractivity contribution in [3.8, 4) is 0 Å². The van der Waals surface area contributed by atoms with E-state index in [1.807, 2.05) is 18.2 Å². The zero-order valence-corrected chi connectivity index (χ0v) is 10.5. The van der Waals surface area contributed by atoms with Gasteiger partial charge in [-0.25, -0.2) is 0 Å². The lowest BCUT2D eigenvalue weighted by Gasteiger charge is -2.11. The molecule has 0 spiro atoms. The molecule has 0 bridgehead atoms. The summed E-state index contributed by atoms with van der Waals surface area (Å²) in [6, 6.07) is 6.14. The summed E-state index contributed by atoms with van der Waals surface area (Å²) < 4.78 is 1.08. The first kappa shape index (κ1) is 11.3. The minimum atomic E-state index is 0.125. The van der Waals surface area contributed by atoms with E-state index in [9.17, 15) is 0 Å². The largest absolute Gasteiger partial charge is 0.324 e. The molecule has 0 fully saturated rings. The fourth-order valence-electron chi connectivity index (χ4n) is 1.22. The van der Waals surface area contributed by atoms with E-state index in [1.54, 1.807) is 0 Å². The van der Waals surface area contributed by atoms with Gasteiger partial charge in [0.05, 0.1) is 5.02 Å². The molecule has 0 saturated carbocycles. The van der Waals surface area contributed by atoms with Gasteiger partial charge in [0.25, 0.3) is 0 Å². The molecule has 0 heterocycles. The van der Waals surface area contributed by atoms with Crippen molar-refractivity contribution >= 4 is 34.2 Å². The average molecular weight is 310 g/mol. The first-order chi connectivity index (χ1) is 6.15. The highest BCUT2D eigenvalue weighted by molar-refractivity contribution is 14.1. The molecule has 1 atom stereocenters. The van der Waals surface area contributed by atoms with Crippen molar-refractivity contribution in [3.63, 3.8) is 0 Å². The molecule has 72 valence electrons. The first-order valence-electron chi connectivity index (χ1n) is 4.35. The number of halogens is 2. The van der Waals surface area contributed by atoms with Gasteiger partial charge in [-0.05, 0) is 46.7 Å². The van der Waals surface area contributed by atoms with Crippen molar-refractivity contribution in [2.45, 2.75) is 25.8 Å². The summed E-state index contributed by atoms with van der Waals surface area (Å²) in [6.07, 6.45) is 2.11. The summed E-state index contributed by atoms with van der Waals surface area (Å²) in [7, 11) is 0. The van der Waals surface area contributed by atoms with Crippen LogP contribution in [-0.4, -0.2) is 0 Å². The molecule has 0 unspecified atom stereocenters. The highest BCUT2D eigenvalue weighted by Crippen LogP contribution is 2.23. The third kappa shape index (κ3) is 3.11. The monoisotopic (exact) mass is 309 g/mol. The van der Waals surface area contributed by atoms with Crippen LogP contribution in [0.2, 0.25) is 5.02 Å². The third-order valence-corrected chi connectivity index (χ3v) is 3.54. The molecule has 0 aliphatic rings. The second kappa shape index (κ2) is 5.17. The zero-order valence-electron chi connectivity index (χ0n) is 7.56. The average Bonchev–Trinajstić information content (AvgIpc) is 2.10. The van der Waals surface area contributed by atoms with Gasteiger partial charge >= 0.3 is 0 Å². The highest BCUT2D eigenvalue weighted by atomic mass is 127. The van der Waals surface area contributed by atoms with Crippen LogP contribution in [0.3, 0.4) is 0 Å². The molecule has 0 aliphatic carbocycles. The second-order valence-electron chi connectivity index (χ2n) is 3.07. The fourth-order valence-corrected chi connectivity index (χ4v) is 1.75. The molecule has 0 aliphatic heterocycles. The van der Waals surface area contributed by atoms with E-state index in [0.717, 1.165) is 27.0 Å². The van der Waals surface area contributed by atoms with Crippen LogP contribution in [0.5, 0.6) is 0 Å². The van der Waals surface area contributed by atoms with Gasteiger partial charge in [-0.15, -0.1) is 0 Å². The Morgan fingerprint density at radius 1 is 1.54 bits per heavy atom. The van der Waals surface area contributed by atoms with Crippen molar-refractivity contribution in [1.29, 1.82) is 0 Å². The van der Waals surface area contributed by atoms with Gasteiger partial charge in [0.2, 0.25) is 0 Å². The summed E-state index contributed by atoms with van der Waals surface area (Å²) in [5.41, 5.74) is 7.10. The summed E-state index contributed by atoms with van der Waals surface area (Å²) in [5, 5.41) is 0.796. The maximum atomic E-state index is 6.00. The molecule has 0 saturated heterocycles. The summed E-state index contributed by atoms with van der Waals surface area (Å²) in [5.74, 6) is 0. The van der Waals surface area contributed by atoms with Crippen molar-refractivity contribution in [1.82, 2.24) is 0 Å². The van der Waals surface area contributed by atoms with Gasteiger partial charge in [-0.3, -0.25) is 0 Å². The van der Waals surface area contributed by atoms with Gasteiger partial charge in [-0.1, -0.05) is 31.0 Å². The number of rotatable bonds is 3. The molecule has 3 heteroatoms. The Hall–Kier alpha value is 0.200. The predicted molar refractivity (Wildman–Crippen MR) is 66.0 cm³/mol. The van der Waals surface area contributed by atoms with Crippen LogP contribution in [-0.2, 0) is 0 Å². The number of nitrogens with two attached hydrogens (primary N) is 1. The molecule has 0 amide bonds. The molecular formula is C10H13ClIN. The van der Waals surface area contributed by atoms with E-state index in [2.05, 4.69) is 29.5 Å². The topological polar surface area (TPSA) is 26.0 Å².